The molecule has 1 unspecified atom stereocenters. The van der Waals surface area contributed by atoms with E-state index in [1.54, 1.807) is 7.11 Å². The Balaban J connectivity index is 2.23. The summed E-state index contributed by atoms with van der Waals surface area (Å²) in [5, 5.41) is 3.33. The summed E-state index contributed by atoms with van der Waals surface area (Å²) in [5.41, 5.74) is 1.92. The van der Waals surface area contributed by atoms with Crippen molar-refractivity contribution in [3.05, 3.63) is 22.2 Å². The lowest BCUT2D eigenvalue weighted by molar-refractivity contribution is 0.415. The van der Waals surface area contributed by atoms with Crippen LogP contribution in [-0.4, -0.2) is 33.1 Å². The van der Waals surface area contributed by atoms with E-state index in [2.05, 4.69) is 21.2 Å². The van der Waals surface area contributed by atoms with Gasteiger partial charge < -0.3 is 10.1 Å². The number of halogens is 1. The highest BCUT2D eigenvalue weighted by molar-refractivity contribution is 9.10. The van der Waals surface area contributed by atoms with Crippen LogP contribution >= 0.6 is 15.9 Å². The first-order chi connectivity index (χ1) is 8.91. The number of aryl methyl sites for hydroxylation is 1. The smallest absolute Gasteiger partial charge is 0.152 e. The molecule has 1 aliphatic heterocycles. The summed E-state index contributed by atoms with van der Waals surface area (Å²) >= 11 is 3.43. The average Bonchev–Trinajstić information content (AvgIpc) is 2.31. The molecule has 1 saturated heterocycles. The Labute approximate surface area is 122 Å². The molecule has 0 amide bonds. The van der Waals surface area contributed by atoms with Crippen molar-refractivity contribution in [2.75, 3.05) is 23.9 Å². The summed E-state index contributed by atoms with van der Waals surface area (Å²) < 4.78 is 29.6. The van der Waals surface area contributed by atoms with Crippen LogP contribution in [0.3, 0.4) is 0 Å². The van der Waals surface area contributed by atoms with E-state index in [1.165, 1.54) is 0 Å². The van der Waals surface area contributed by atoms with Gasteiger partial charge in [0.15, 0.2) is 9.84 Å². The fourth-order valence-corrected chi connectivity index (χ4v) is 4.59. The molecule has 0 radical (unpaired) electrons. The third-order valence-corrected chi connectivity index (χ3v) is 5.57. The predicted molar refractivity (Wildman–Crippen MR) is 80.7 cm³/mol. The van der Waals surface area contributed by atoms with Crippen molar-refractivity contribution in [3.8, 4) is 5.75 Å². The first kappa shape index (κ1) is 14.7. The zero-order valence-electron chi connectivity index (χ0n) is 11.1. The predicted octanol–water partition coefficient (Wildman–Crippen LogP) is 2.76. The molecule has 0 spiro atoms. The maximum atomic E-state index is 11.7. The van der Waals surface area contributed by atoms with Gasteiger partial charge in [-0.2, -0.15) is 0 Å². The maximum Gasteiger partial charge on any atom is 0.152 e. The van der Waals surface area contributed by atoms with Crippen LogP contribution in [0.5, 0.6) is 5.75 Å². The van der Waals surface area contributed by atoms with Gasteiger partial charge in [0.1, 0.15) is 5.75 Å². The SMILES string of the molecule is COc1cc(Br)cc(C)c1NC1CCCS(=O)(=O)C1. The van der Waals surface area contributed by atoms with E-state index in [-0.39, 0.29) is 11.8 Å². The van der Waals surface area contributed by atoms with E-state index < -0.39 is 9.84 Å². The summed E-state index contributed by atoms with van der Waals surface area (Å²) in [6.07, 6.45) is 1.59. The molecule has 2 rings (SSSR count). The molecule has 19 heavy (non-hydrogen) atoms. The largest absolute Gasteiger partial charge is 0.495 e. The van der Waals surface area contributed by atoms with E-state index in [1.807, 2.05) is 19.1 Å². The Hall–Kier alpha value is -0.750. The third kappa shape index (κ3) is 3.63. The molecule has 0 aliphatic carbocycles. The van der Waals surface area contributed by atoms with E-state index >= 15 is 0 Å². The number of ether oxygens (including phenoxy) is 1. The molecule has 4 nitrogen and oxygen atoms in total. The molecule has 0 saturated carbocycles. The van der Waals surface area contributed by atoms with Gasteiger partial charge in [0.2, 0.25) is 0 Å². The molecule has 1 aromatic rings. The van der Waals surface area contributed by atoms with E-state index in [0.29, 0.717) is 5.75 Å². The van der Waals surface area contributed by atoms with Gasteiger partial charge in [-0.15, -0.1) is 0 Å². The summed E-state index contributed by atoms with van der Waals surface area (Å²) in [4.78, 5) is 0. The lowest BCUT2D eigenvalue weighted by atomic mass is 10.1. The standard InChI is InChI=1S/C13H18BrNO3S/c1-9-6-10(14)7-12(18-2)13(9)15-11-4-3-5-19(16,17)8-11/h6-7,11,15H,3-5,8H2,1-2H3. The van der Waals surface area contributed by atoms with Crippen molar-refractivity contribution in [2.45, 2.75) is 25.8 Å². The quantitative estimate of drug-likeness (QED) is 0.913. The molecule has 6 heteroatoms. The third-order valence-electron chi connectivity index (χ3n) is 3.30. The lowest BCUT2D eigenvalue weighted by Crippen LogP contribution is -2.35. The minimum Gasteiger partial charge on any atom is -0.495 e. The number of anilines is 1. The summed E-state index contributed by atoms with van der Waals surface area (Å²) in [7, 11) is -1.29. The van der Waals surface area contributed by atoms with Gasteiger partial charge in [0.25, 0.3) is 0 Å². The topological polar surface area (TPSA) is 55.4 Å². The molecular weight excluding hydrogens is 330 g/mol. The Bertz CT molecular complexity index is 571. The number of hydrogen-bond acceptors (Lipinski definition) is 4. The van der Waals surface area contributed by atoms with Crippen molar-refractivity contribution in [1.29, 1.82) is 0 Å². The van der Waals surface area contributed by atoms with Gasteiger partial charge in [0, 0.05) is 10.5 Å². The van der Waals surface area contributed by atoms with Gasteiger partial charge in [-0.3, -0.25) is 0 Å². The Morgan fingerprint density at radius 1 is 1.42 bits per heavy atom. The fraction of sp³-hybridized carbons (Fsp3) is 0.538. The van der Waals surface area contributed by atoms with Crippen LogP contribution < -0.4 is 10.1 Å². The zero-order chi connectivity index (χ0) is 14.0. The second-order valence-corrected chi connectivity index (χ2v) is 8.04. The normalized spacial score (nSPS) is 21.9. The highest BCUT2D eigenvalue weighted by Crippen LogP contribution is 2.33. The first-order valence-corrected chi connectivity index (χ1v) is 8.84. The lowest BCUT2D eigenvalue weighted by Gasteiger charge is -2.26. The second kappa shape index (κ2) is 5.71. The van der Waals surface area contributed by atoms with Gasteiger partial charge in [0.05, 0.1) is 24.3 Å². The van der Waals surface area contributed by atoms with Gasteiger partial charge in [-0.1, -0.05) is 15.9 Å². The molecule has 1 atom stereocenters. The van der Waals surface area contributed by atoms with Crippen LogP contribution in [0.4, 0.5) is 5.69 Å². The monoisotopic (exact) mass is 347 g/mol. The number of sulfone groups is 1. The van der Waals surface area contributed by atoms with Gasteiger partial charge in [-0.25, -0.2) is 8.42 Å². The van der Waals surface area contributed by atoms with E-state index in [9.17, 15) is 8.42 Å². The molecular formula is C13H18BrNO3S. The molecule has 1 aliphatic rings. The summed E-state index contributed by atoms with van der Waals surface area (Å²) in [6, 6.07) is 3.84. The molecule has 1 heterocycles. The highest BCUT2D eigenvalue weighted by Gasteiger charge is 2.25. The van der Waals surface area contributed by atoms with Crippen LogP contribution in [-0.2, 0) is 9.84 Å². The fourth-order valence-electron chi connectivity index (χ4n) is 2.40. The van der Waals surface area contributed by atoms with E-state index in [0.717, 1.165) is 34.3 Å². The molecule has 1 aromatic carbocycles. The number of hydrogen-bond donors (Lipinski definition) is 1. The first-order valence-electron chi connectivity index (χ1n) is 6.22. The number of nitrogens with one attached hydrogen (secondary N) is 1. The van der Waals surface area contributed by atoms with Crippen molar-refractivity contribution in [2.24, 2.45) is 0 Å². The zero-order valence-corrected chi connectivity index (χ0v) is 13.5. The Morgan fingerprint density at radius 2 is 2.16 bits per heavy atom. The van der Waals surface area contributed by atoms with Crippen molar-refractivity contribution >= 4 is 31.5 Å². The van der Waals surface area contributed by atoms with Crippen molar-refractivity contribution < 1.29 is 13.2 Å². The number of methoxy groups -OCH3 is 1. The molecule has 1 fully saturated rings. The second-order valence-electron chi connectivity index (χ2n) is 4.90. The van der Waals surface area contributed by atoms with Gasteiger partial charge >= 0.3 is 0 Å². The van der Waals surface area contributed by atoms with Crippen molar-refractivity contribution in [3.63, 3.8) is 0 Å². The van der Waals surface area contributed by atoms with Crippen LogP contribution in [0.2, 0.25) is 0 Å². The summed E-state index contributed by atoms with van der Waals surface area (Å²) in [6.45, 7) is 1.98. The van der Waals surface area contributed by atoms with Crippen LogP contribution in [0.25, 0.3) is 0 Å². The van der Waals surface area contributed by atoms with Crippen molar-refractivity contribution in [1.82, 2.24) is 0 Å². The summed E-state index contributed by atoms with van der Waals surface area (Å²) in [5.74, 6) is 1.24. The van der Waals surface area contributed by atoms with Crippen LogP contribution in [0.15, 0.2) is 16.6 Å². The molecule has 0 aromatic heterocycles. The van der Waals surface area contributed by atoms with Gasteiger partial charge in [-0.05, 0) is 37.5 Å². The minimum absolute atomic E-state index is 0.0347. The minimum atomic E-state index is -2.91. The maximum absolute atomic E-state index is 11.7. The number of benzene rings is 1. The van der Waals surface area contributed by atoms with E-state index in [4.69, 9.17) is 4.74 Å². The average molecular weight is 348 g/mol. The van der Waals surface area contributed by atoms with Crippen LogP contribution in [0.1, 0.15) is 18.4 Å². The Kier molecular flexibility index (Phi) is 4.40. The molecule has 0 bridgehead atoms. The highest BCUT2D eigenvalue weighted by atomic mass is 79.9. The number of rotatable bonds is 3. The molecule has 106 valence electrons. The Morgan fingerprint density at radius 3 is 2.79 bits per heavy atom. The molecule has 1 N–H and O–H groups in total. The van der Waals surface area contributed by atoms with Crippen LogP contribution in [0, 0.1) is 6.92 Å².